The molecule has 0 aromatic heterocycles. The molecule has 5 heteroatoms. The standard InChI is InChI=1S/C7H14F3NO/c8-2-1-3-11(4-5-12)6-7(9)10/h7,12H,1-6H2. The summed E-state index contributed by atoms with van der Waals surface area (Å²) in [7, 11) is 0. The van der Waals surface area contributed by atoms with Crippen LogP contribution in [0.3, 0.4) is 0 Å². The summed E-state index contributed by atoms with van der Waals surface area (Å²) in [6.07, 6.45) is -2.18. The minimum Gasteiger partial charge on any atom is -0.395 e. The van der Waals surface area contributed by atoms with E-state index >= 15 is 0 Å². The van der Waals surface area contributed by atoms with Crippen LogP contribution in [0.1, 0.15) is 6.42 Å². The quantitative estimate of drug-likeness (QED) is 0.637. The van der Waals surface area contributed by atoms with E-state index < -0.39 is 13.1 Å². The molecule has 0 aromatic rings. The van der Waals surface area contributed by atoms with E-state index in [1.165, 1.54) is 4.90 Å². The van der Waals surface area contributed by atoms with Crippen LogP contribution in [-0.4, -0.2) is 49.3 Å². The van der Waals surface area contributed by atoms with Gasteiger partial charge < -0.3 is 5.11 Å². The van der Waals surface area contributed by atoms with Crippen molar-refractivity contribution < 1.29 is 18.3 Å². The van der Waals surface area contributed by atoms with Crippen molar-refractivity contribution in [1.82, 2.24) is 4.90 Å². The third-order valence-corrected chi connectivity index (χ3v) is 1.42. The molecule has 0 saturated heterocycles. The van der Waals surface area contributed by atoms with Crippen LogP contribution in [0.4, 0.5) is 13.2 Å². The van der Waals surface area contributed by atoms with Gasteiger partial charge in [0, 0.05) is 13.1 Å². The first kappa shape index (κ1) is 11.7. The largest absolute Gasteiger partial charge is 0.395 e. The van der Waals surface area contributed by atoms with Crippen molar-refractivity contribution in [3.63, 3.8) is 0 Å². The molecule has 0 bridgehead atoms. The highest BCUT2D eigenvalue weighted by Gasteiger charge is 2.10. The molecule has 0 spiro atoms. The van der Waals surface area contributed by atoms with Crippen LogP contribution in [0, 0.1) is 0 Å². The molecule has 0 amide bonds. The molecule has 74 valence electrons. The second kappa shape index (κ2) is 7.36. The van der Waals surface area contributed by atoms with E-state index in [4.69, 9.17) is 5.11 Å². The van der Waals surface area contributed by atoms with Gasteiger partial charge in [-0.3, -0.25) is 9.29 Å². The van der Waals surface area contributed by atoms with Gasteiger partial charge in [-0.25, -0.2) is 8.78 Å². The van der Waals surface area contributed by atoms with E-state index in [-0.39, 0.29) is 32.7 Å². The lowest BCUT2D eigenvalue weighted by Crippen LogP contribution is -2.32. The molecule has 0 radical (unpaired) electrons. The summed E-state index contributed by atoms with van der Waals surface area (Å²) in [6, 6.07) is 0. The van der Waals surface area contributed by atoms with Crippen molar-refractivity contribution in [2.24, 2.45) is 0 Å². The zero-order chi connectivity index (χ0) is 9.40. The van der Waals surface area contributed by atoms with Crippen molar-refractivity contribution in [2.75, 3.05) is 32.9 Å². The molecule has 0 atom stereocenters. The maximum atomic E-state index is 11.8. The summed E-state index contributed by atoms with van der Waals surface area (Å²) in [4.78, 5) is 1.35. The molecule has 0 unspecified atom stereocenters. The molecule has 1 N–H and O–H groups in total. The summed E-state index contributed by atoms with van der Waals surface area (Å²) in [5.74, 6) is 0. The van der Waals surface area contributed by atoms with E-state index in [2.05, 4.69) is 0 Å². The van der Waals surface area contributed by atoms with Gasteiger partial charge >= 0.3 is 0 Å². The van der Waals surface area contributed by atoms with Gasteiger partial charge in [0.1, 0.15) is 0 Å². The van der Waals surface area contributed by atoms with Crippen molar-refractivity contribution >= 4 is 0 Å². The molecule has 0 aromatic carbocycles. The van der Waals surface area contributed by atoms with Gasteiger partial charge in [-0.1, -0.05) is 0 Å². The van der Waals surface area contributed by atoms with Crippen LogP contribution in [0.2, 0.25) is 0 Å². The van der Waals surface area contributed by atoms with Crippen LogP contribution in [0.5, 0.6) is 0 Å². The normalized spacial score (nSPS) is 11.5. The van der Waals surface area contributed by atoms with E-state index in [1.54, 1.807) is 0 Å². The van der Waals surface area contributed by atoms with Gasteiger partial charge in [0.25, 0.3) is 6.43 Å². The van der Waals surface area contributed by atoms with Gasteiger partial charge in [-0.05, 0) is 6.42 Å². The van der Waals surface area contributed by atoms with Crippen molar-refractivity contribution in [1.29, 1.82) is 0 Å². The van der Waals surface area contributed by atoms with Gasteiger partial charge in [-0.2, -0.15) is 0 Å². The number of aliphatic hydroxyl groups excluding tert-OH is 1. The number of halogens is 3. The van der Waals surface area contributed by atoms with Gasteiger partial charge in [0.2, 0.25) is 0 Å². The van der Waals surface area contributed by atoms with E-state index in [1.807, 2.05) is 0 Å². The van der Waals surface area contributed by atoms with Gasteiger partial charge in [0.15, 0.2) is 0 Å². The smallest absolute Gasteiger partial charge is 0.251 e. The molecule has 0 fully saturated rings. The Morgan fingerprint density at radius 1 is 1.25 bits per heavy atom. The van der Waals surface area contributed by atoms with Crippen LogP contribution in [0.25, 0.3) is 0 Å². The Morgan fingerprint density at radius 3 is 2.33 bits per heavy atom. The van der Waals surface area contributed by atoms with Crippen molar-refractivity contribution in [3.8, 4) is 0 Å². The summed E-state index contributed by atoms with van der Waals surface area (Å²) < 4.78 is 35.3. The maximum absolute atomic E-state index is 11.8. The number of aliphatic hydroxyl groups is 1. The Morgan fingerprint density at radius 2 is 1.92 bits per heavy atom. The highest BCUT2D eigenvalue weighted by Crippen LogP contribution is 1.99. The average Bonchev–Trinajstić information content (AvgIpc) is 2.00. The molecule has 0 heterocycles. The molecule has 0 aliphatic rings. The molecular formula is C7H14F3NO. The fraction of sp³-hybridized carbons (Fsp3) is 1.00. The minimum absolute atomic E-state index is 0.168. The maximum Gasteiger partial charge on any atom is 0.251 e. The molecule has 0 rings (SSSR count). The highest BCUT2D eigenvalue weighted by molar-refractivity contribution is 4.58. The summed E-state index contributed by atoms with van der Waals surface area (Å²) in [6.45, 7) is -0.601. The average molecular weight is 185 g/mol. The predicted octanol–water partition coefficient (Wildman–Crippen LogP) is 0.905. The molecule has 0 aliphatic carbocycles. The first-order valence-electron chi connectivity index (χ1n) is 3.88. The summed E-state index contributed by atoms with van der Waals surface area (Å²) >= 11 is 0. The number of nitrogens with zero attached hydrogens (tertiary/aromatic N) is 1. The summed E-state index contributed by atoms with van der Waals surface area (Å²) in [5, 5.41) is 8.47. The third kappa shape index (κ3) is 6.42. The number of alkyl halides is 3. The van der Waals surface area contributed by atoms with Crippen LogP contribution < -0.4 is 0 Å². The first-order valence-corrected chi connectivity index (χ1v) is 3.88. The molecular weight excluding hydrogens is 171 g/mol. The predicted molar refractivity (Wildman–Crippen MR) is 40.1 cm³/mol. The number of hydrogen-bond acceptors (Lipinski definition) is 2. The number of rotatable bonds is 7. The lowest BCUT2D eigenvalue weighted by molar-refractivity contribution is 0.0767. The van der Waals surface area contributed by atoms with Crippen LogP contribution in [0.15, 0.2) is 0 Å². The number of hydrogen-bond donors (Lipinski definition) is 1. The van der Waals surface area contributed by atoms with E-state index in [0.717, 1.165) is 0 Å². The van der Waals surface area contributed by atoms with Gasteiger partial charge in [0.05, 0.1) is 19.8 Å². The third-order valence-electron chi connectivity index (χ3n) is 1.42. The van der Waals surface area contributed by atoms with Crippen LogP contribution in [-0.2, 0) is 0 Å². The summed E-state index contributed by atoms with van der Waals surface area (Å²) in [5.41, 5.74) is 0. The topological polar surface area (TPSA) is 23.5 Å². The lowest BCUT2D eigenvalue weighted by atomic mass is 10.4. The second-order valence-corrected chi connectivity index (χ2v) is 2.46. The second-order valence-electron chi connectivity index (χ2n) is 2.46. The van der Waals surface area contributed by atoms with Crippen molar-refractivity contribution in [2.45, 2.75) is 12.8 Å². The Balaban J connectivity index is 3.54. The molecule has 2 nitrogen and oxygen atoms in total. The Kier molecular flexibility index (Phi) is 7.19. The molecule has 0 saturated carbocycles. The lowest BCUT2D eigenvalue weighted by Gasteiger charge is -2.19. The zero-order valence-corrected chi connectivity index (χ0v) is 6.85. The minimum atomic E-state index is -2.42. The van der Waals surface area contributed by atoms with E-state index in [9.17, 15) is 13.2 Å². The van der Waals surface area contributed by atoms with Crippen LogP contribution >= 0.6 is 0 Å². The first-order chi connectivity index (χ1) is 5.70. The Bertz CT molecular complexity index is 103. The van der Waals surface area contributed by atoms with Crippen molar-refractivity contribution in [3.05, 3.63) is 0 Å². The molecule has 0 aliphatic heterocycles. The van der Waals surface area contributed by atoms with Gasteiger partial charge in [-0.15, -0.1) is 0 Å². The fourth-order valence-corrected chi connectivity index (χ4v) is 0.914. The SMILES string of the molecule is OCCN(CCCF)CC(F)F. The molecule has 12 heavy (non-hydrogen) atoms. The van der Waals surface area contributed by atoms with E-state index in [0.29, 0.717) is 0 Å². The fourth-order valence-electron chi connectivity index (χ4n) is 0.914. The Labute approximate surface area is 70.0 Å². The monoisotopic (exact) mass is 185 g/mol. The highest BCUT2D eigenvalue weighted by atomic mass is 19.3. The zero-order valence-electron chi connectivity index (χ0n) is 6.85. The Hall–Kier alpha value is -0.290.